The van der Waals surface area contributed by atoms with Crippen LogP contribution in [0.1, 0.15) is 32.2 Å². The molecule has 0 saturated heterocycles. The summed E-state index contributed by atoms with van der Waals surface area (Å²) in [4.78, 5) is 4.13. The second-order valence-electron chi connectivity index (χ2n) is 4.64. The van der Waals surface area contributed by atoms with E-state index >= 15 is 0 Å². The first-order valence-corrected chi connectivity index (χ1v) is 6.03. The van der Waals surface area contributed by atoms with Gasteiger partial charge in [0.25, 0.3) is 0 Å². The Hall–Kier alpha value is -0.870. The van der Waals surface area contributed by atoms with Crippen molar-refractivity contribution in [3.63, 3.8) is 0 Å². The van der Waals surface area contributed by atoms with Crippen molar-refractivity contribution in [2.45, 2.75) is 44.3 Å². The van der Waals surface area contributed by atoms with Gasteiger partial charge in [-0.05, 0) is 26.2 Å². The highest BCUT2D eigenvalue weighted by atomic mass is 16.5. The summed E-state index contributed by atoms with van der Waals surface area (Å²) in [5.74, 6) is 0. The molecule has 4 nitrogen and oxygen atoms in total. The van der Waals surface area contributed by atoms with Gasteiger partial charge in [-0.1, -0.05) is 0 Å². The number of methoxy groups -OCH3 is 1. The number of hydrogen-bond donors (Lipinski definition) is 1. The summed E-state index contributed by atoms with van der Waals surface area (Å²) >= 11 is 0. The lowest BCUT2D eigenvalue weighted by Gasteiger charge is -2.25. The largest absolute Gasteiger partial charge is 0.383 e. The van der Waals surface area contributed by atoms with Crippen LogP contribution in [0.2, 0.25) is 0 Å². The molecule has 1 heterocycles. The molecule has 4 heteroatoms. The van der Waals surface area contributed by atoms with Gasteiger partial charge in [0.05, 0.1) is 12.9 Å². The fourth-order valence-corrected chi connectivity index (χ4v) is 2.62. The minimum absolute atomic E-state index is 0.416. The van der Waals surface area contributed by atoms with E-state index in [2.05, 4.69) is 28.0 Å². The molecule has 0 bridgehead atoms. The first kappa shape index (κ1) is 11.6. The van der Waals surface area contributed by atoms with E-state index in [1.807, 2.05) is 12.5 Å². The molecule has 1 aliphatic carbocycles. The highest BCUT2D eigenvalue weighted by molar-refractivity contribution is 4.92. The zero-order chi connectivity index (χ0) is 11.4. The van der Waals surface area contributed by atoms with Gasteiger partial charge in [-0.2, -0.15) is 0 Å². The van der Waals surface area contributed by atoms with Crippen molar-refractivity contribution in [3.05, 3.63) is 18.7 Å². The van der Waals surface area contributed by atoms with Crippen molar-refractivity contribution in [1.29, 1.82) is 0 Å². The lowest BCUT2D eigenvalue weighted by Crippen LogP contribution is -2.41. The summed E-state index contributed by atoms with van der Waals surface area (Å²) in [5.41, 5.74) is 0. The van der Waals surface area contributed by atoms with Gasteiger partial charge in [0.15, 0.2) is 0 Å². The van der Waals surface area contributed by atoms with E-state index in [0.717, 1.165) is 6.61 Å². The van der Waals surface area contributed by atoms with Crippen molar-refractivity contribution in [2.75, 3.05) is 13.7 Å². The lowest BCUT2D eigenvalue weighted by atomic mass is 10.1. The Labute approximate surface area is 97.0 Å². The molecule has 1 N–H and O–H groups in total. The molecular weight excluding hydrogens is 202 g/mol. The van der Waals surface area contributed by atoms with Gasteiger partial charge >= 0.3 is 0 Å². The van der Waals surface area contributed by atoms with Crippen molar-refractivity contribution >= 4 is 0 Å². The van der Waals surface area contributed by atoms with Crippen LogP contribution in [0, 0.1) is 0 Å². The van der Waals surface area contributed by atoms with Crippen LogP contribution in [0.25, 0.3) is 0 Å². The molecule has 1 saturated carbocycles. The van der Waals surface area contributed by atoms with Gasteiger partial charge in [0.2, 0.25) is 0 Å². The second kappa shape index (κ2) is 5.46. The van der Waals surface area contributed by atoms with Crippen LogP contribution < -0.4 is 5.32 Å². The summed E-state index contributed by atoms with van der Waals surface area (Å²) in [6, 6.07) is 1.53. The summed E-state index contributed by atoms with van der Waals surface area (Å²) in [7, 11) is 1.75. The number of aromatic nitrogens is 2. The first-order chi connectivity index (χ1) is 7.81. The zero-order valence-corrected chi connectivity index (χ0v) is 10.1. The van der Waals surface area contributed by atoms with Crippen LogP contribution in [0.4, 0.5) is 0 Å². The van der Waals surface area contributed by atoms with Crippen molar-refractivity contribution in [3.8, 4) is 0 Å². The van der Waals surface area contributed by atoms with Crippen LogP contribution >= 0.6 is 0 Å². The van der Waals surface area contributed by atoms with Crippen LogP contribution in [-0.4, -0.2) is 35.4 Å². The molecule has 2 rings (SSSR count). The number of rotatable bonds is 5. The van der Waals surface area contributed by atoms with E-state index in [1.54, 1.807) is 7.11 Å². The van der Waals surface area contributed by atoms with E-state index in [0.29, 0.717) is 18.1 Å². The molecule has 16 heavy (non-hydrogen) atoms. The minimum Gasteiger partial charge on any atom is -0.383 e. The number of ether oxygens (including phenoxy) is 1. The summed E-state index contributed by atoms with van der Waals surface area (Å²) in [6.07, 6.45) is 9.62. The molecular formula is C12H21N3O. The van der Waals surface area contributed by atoms with Crippen molar-refractivity contribution in [1.82, 2.24) is 14.9 Å². The maximum atomic E-state index is 5.16. The van der Waals surface area contributed by atoms with Gasteiger partial charge in [0.1, 0.15) is 0 Å². The van der Waals surface area contributed by atoms with Crippen LogP contribution in [0.15, 0.2) is 18.7 Å². The maximum Gasteiger partial charge on any atom is 0.0949 e. The fraction of sp³-hybridized carbons (Fsp3) is 0.750. The SMILES string of the molecule is COCC(C)NC1CCCC1n1ccnc1. The summed E-state index contributed by atoms with van der Waals surface area (Å²) in [6.45, 7) is 2.94. The minimum atomic E-state index is 0.416. The molecule has 3 atom stereocenters. The molecule has 0 amide bonds. The average molecular weight is 223 g/mol. The van der Waals surface area contributed by atoms with E-state index in [1.165, 1.54) is 19.3 Å². The molecule has 0 aromatic carbocycles. The quantitative estimate of drug-likeness (QED) is 0.824. The van der Waals surface area contributed by atoms with Crippen molar-refractivity contribution < 1.29 is 4.74 Å². The highest BCUT2D eigenvalue weighted by Gasteiger charge is 2.28. The van der Waals surface area contributed by atoms with Gasteiger partial charge in [-0.25, -0.2) is 4.98 Å². The summed E-state index contributed by atoms with van der Waals surface area (Å²) < 4.78 is 7.38. The normalized spacial score (nSPS) is 27.1. The van der Waals surface area contributed by atoms with E-state index < -0.39 is 0 Å². The topological polar surface area (TPSA) is 39.1 Å². The molecule has 90 valence electrons. The highest BCUT2D eigenvalue weighted by Crippen LogP contribution is 2.30. The Morgan fingerprint density at radius 2 is 2.44 bits per heavy atom. The van der Waals surface area contributed by atoms with E-state index in [4.69, 9.17) is 4.74 Å². The molecule has 0 radical (unpaired) electrons. The summed E-state index contributed by atoms with van der Waals surface area (Å²) in [5, 5.41) is 3.64. The number of nitrogens with zero attached hydrogens (tertiary/aromatic N) is 2. The maximum absolute atomic E-state index is 5.16. The predicted molar refractivity (Wildman–Crippen MR) is 63.4 cm³/mol. The third kappa shape index (κ3) is 2.62. The molecule has 1 aromatic rings. The Balaban J connectivity index is 1.93. The molecule has 0 spiro atoms. The molecule has 3 unspecified atom stereocenters. The Morgan fingerprint density at radius 1 is 1.56 bits per heavy atom. The van der Waals surface area contributed by atoms with Gasteiger partial charge in [-0.3, -0.25) is 0 Å². The predicted octanol–water partition coefficient (Wildman–Crippen LogP) is 1.60. The van der Waals surface area contributed by atoms with E-state index in [9.17, 15) is 0 Å². The molecule has 1 aliphatic rings. The first-order valence-electron chi connectivity index (χ1n) is 6.03. The Bertz CT molecular complexity index is 299. The molecule has 1 fully saturated rings. The second-order valence-corrected chi connectivity index (χ2v) is 4.64. The Kier molecular flexibility index (Phi) is 3.96. The van der Waals surface area contributed by atoms with Crippen LogP contribution in [-0.2, 0) is 4.74 Å². The Morgan fingerprint density at radius 3 is 3.12 bits per heavy atom. The van der Waals surface area contributed by atoms with Crippen LogP contribution in [0.3, 0.4) is 0 Å². The van der Waals surface area contributed by atoms with Gasteiger partial charge in [-0.15, -0.1) is 0 Å². The number of nitrogens with one attached hydrogen (secondary N) is 1. The monoisotopic (exact) mass is 223 g/mol. The fourth-order valence-electron chi connectivity index (χ4n) is 2.62. The van der Waals surface area contributed by atoms with Crippen LogP contribution in [0.5, 0.6) is 0 Å². The standard InChI is InChI=1S/C12H21N3O/c1-10(8-16-2)14-11-4-3-5-12(11)15-7-6-13-9-15/h6-7,9-12,14H,3-5,8H2,1-2H3. The third-order valence-corrected chi connectivity index (χ3v) is 3.30. The molecule has 1 aromatic heterocycles. The van der Waals surface area contributed by atoms with Crippen molar-refractivity contribution in [2.24, 2.45) is 0 Å². The lowest BCUT2D eigenvalue weighted by molar-refractivity contribution is 0.163. The average Bonchev–Trinajstić information content (AvgIpc) is 2.86. The zero-order valence-electron chi connectivity index (χ0n) is 10.1. The smallest absolute Gasteiger partial charge is 0.0949 e. The van der Waals surface area contributed by atoms with E-state index in [-0.39, 0.29) is 0 Å². The van der Waals surface area contributed by atoms with Gasteiger partial charge in [0, 0.05) is 37.6 Å². The molecule has 0 aliphatic heterocycles. The third-order valence-electron chi connectivity index (χ3n) is 3.30. The number of imidazole rings is 1. The number of hydrogen-bond acceptors (Lipinski definition) is 3. The van der Waals surface area contributed by atoms with Gasteiger partial charge < -0.3 is 14.6 Å².